The van der Waals surface area contributed by atoms with Crippen LogP contribution in [0.15, 0.2) is 0 Å². The minimum atomic E-state index is -0.836. The number of likely N-dealkylation sites (tertiary alicyclic amines) is 1. The normalized spacial score (nSPS) is 20.4. The maximum atomic E-state index is 12.8. The Morgan fingerprint density at radius 2 is 1.97 bits per heavy atom. The predicted octanol–water partition coefficient (Wildman–Crippen LogP) is 2.49. The van der Waals surface area contributed by atoms with E-state index in [-0.39, 0.29) is 24.2 Å². The third kappa shape index (κ3) is 9.20. The minimum absolute atomic E-state index is 0.0976. The van der Waals surface area contributed by atoms with Gasteiger partial charge in [0, 0.05) is 25.9 Å². The molecule has 2 fully saturated rings. The molecule has 0 radical (unpaired) electrons. The van der Waals surface area contributed by atoms with Crippen molar-refractivity contribution < 1.29 is 19.1 Å². The van der Waals surface area contributed by atoms with E-state index in [1.807, 2.05) is 4.90 Å². The second kappa shape index (κ2) is 14.2. The van der Waals surface area contributed by atoms with E-state index in [2.05, 4.69) is 30.4 Å². The summed E-state index contributed by atoms with van der Waals surface area (Å²) in [7, 11) is 0. The minimum Gasteiger partial charge on any atom is -0.464 e. The van der Waals surface area contributed by atoms with Crippen LogP contribution in [0, 0.1) is 30.1 Å². The SMILES string of the molecule is C#CC[C@H](NC(=O)[C@@H]1CCCN(C(=O)CCC2CCNCC2)C1)C(=O)OCCCC(C)C. The second-order valence-corrected chi connectivity index (χ2v) is 9.58. The van der Waals surface area contributed by atoms with Crippen molar-refractivity contribution in [2.45, 2.75) is 77.7 Å². The Morgan fingerprint density at radius 3 is 2.66 bits per heavy atom. The summed E-state index contributed by atoms with van der Waals surface area (Å²) >= 11 is 0. The molecular weight excluding hydrogens is 406 g/mol. The van der Waals surface area contributed by atoms with Gasteiger partial charge in [-0.2, -0.15) is 0 Å². The predicted molar refractivity (Wildman–Crippen MR) is 125 cm³/mol. The van der Waals surface area contributed by atoms with Crippen molar-refractivity contribution >= 4 is 17.8 Å². The monoisotopic (exact) mass is 447 g/mol. The number of nitrogens with zero attached hydrogens (tertiary/aromatic N) is 1. The number of amides is 2. The third-order valence-electron chi connectivity index (χ3n) is 6.46. The van der Waals surface area contributed by atoms with Crippen LogP contribution in [-0.2, 0) is 19.1 Å². The van der Waals surface area contributed by atoms with Gasteiger partial charge in [0.2, 0.25) is 11.8 Å². The average molecular weight is 448 g/mol. The molecule has 2 atom stereocenters. The fourth-order valence-corrected chi connectivity index (χ4v) is 4.44. The summed E-state index contributed by atoms with van der Waals surface area (Å²) < 4.78 is 5.33. The molecule has 2 aliphatic rings. The summed E-state index contributed by atoms with van der Waals surface area (Å²) in [5.41, 5.74) is 0. The van der Waals surface area contributed by atoms with Gasteiger partial charge in [-0.15, -0.1) is 12.3 Å². The van der Waals surface area contributed by atoms with Gasteiger partial charge in [-0.3, -0.25) is 9.59 Å². The van der Waals surface area contributed by atoms with Crippen molar-refractivity contribution in [1.29, 1.82) is 0 Å². The van der Waals surface area contributed by atoms with Crippen LogP contribution in [-0.4, -0.2) is 61.5 Å². The van der Waals surface area contributed by atoms with Crippen molar-refractivity contribution in [2.24, 2.45) is 17.8 Å². The molecule has 180 valence electrons. The lowest BCUT2D eigenvalue weighted by atomic mass is 9.92. The largest absolute Gasteiger partial charge is 0.464 e. The van der Waals surface area contributed by atoms with E-state index < -0.39 is 12.0 Å². The molecule has 0 unspecified atom stereocenters. The fourth-order valence-electron chi connectivity index (χ4n) is 4.44. The Balaban J connectivity index is 1.79. The first kappa shape index (κ1) is 26.2. The number of piperidine rings is 2. The molecule has 2 rings (SSSR count). The van der Waals surface area contributed by atoms with Gasteiger partial charge < -0.3 is 20.3 Å². The number of carbonyl (C=O) groups is 3. The number of terminal acetylenes is 1. The molecular formula is C25H41N3O4. The van der Waals surface area contributed by atoms with E-state index in [1.54, 1.807) is 0 Å². The summed E-state index contributed by atoms with van der Waals surface area (Å²) in [6.45, 7) is 7.73. The zero-order valence-electron chi connectivity index (χ0n) is 19.9. The van der Waals surface area contributed by atoms with E-state index in [0.717, 1.165) is 51.6 Å². The Morgan fingerprint density at radius 1 is 1.22 bits per heavy atom. The first-order valence-corrected chi connectivity index (χ1v) is 12.3. The highest BCUT2D eigenvalue weighted by Gasteiger charge is 2.31. The van der Waals surface area contributed by atoms with Crippen LogP contribution in [0.2, 0.25) is 0 Å². The highest BCUT2D eigenvalue weighted by Crippen LogP contribution is 2.22. The van der Waals surface area contributed by atoms with Crippen molar-refractivity contribution in [3.05, 3.63) is 0 Å². The number of rotatable bonds is 11. The molecule has 2 saturated heterocycles. The number of nitrogens with one attached hydrogen (secondary N) is 2. The standard InChI is InChI=1S/C25H41N3O4/c1-4-7-22(25(31)32-17-6-8-19(2)3)27-24(30)21-9-5-16-28(18-21)23(29)11-10-20-12-14-26-15-13-20/h1,19-22,26H,5-18H2,2-3H3,(H,27,30)/t21-,22+/m1/s1. The van der Waals surface area contributed by atoms with Gasteiger partial charge in [0.1, 0.15) is 6.04 Å². The van der Waals surface area contributed by atoms with E-state index in [9.17, 15) is 14.4 Å². The number of hydrogen-bond donors (Lipinski definition) is 2. The zero-order chi connectivity index (χ0) is 23.3. The molecule has 0 aromatic heterocycles. The summed E-state index contributed by atoms with van der Waals surface area (Å²) in [4.78, 5) is 39.8. The van der Waals surface area contributed by atoms with Gasteiger partial charge in [0.25, 0.3) is 0 Å². The number of esters is 1. The molecule has 7 heteroatoms. The Kier molecular flexibility index (Phi) is 11.6. The topological polar surface area (TPSA) is 87.7 Å². The maximum Gasteiger partial charge on any atom is 0.329 e. The van der Waals surface area contributed by atoms with Crippen molar-refractivity contribution in [1.82, 2.24) is 15.5 Å². The summed E-state index contributed by atoms with van der Waals surface area (Å²) in [5, 5.41) is 6.13. The van der Waals surface area contributed by atoms with Crippen molar-refractivity contribution in [2.75, 3.05) is 32.8 Å². The Labute approximate surface area is 193 Å². The molecule has 2 amide bonds. The summed E-state index contributed by atoms with van der Waals surface area (Å²) in [5.74, 6) is 2.72. The molecule has 32 heavy (non-hydrogen) atoms. The zero-order valence-corrected chi connectivity index (χ0v) is 19.9. The second-order valence-electron chi connectivity index (χ2n) is 9.58. The molecule has 0 aromatic carbocycles. The molecule has 7 nitrogen and oxygen atoms in total. The quantitative estimate of drug-likeness (QED) is 0.289. The van der Waals surface area contributed by atoms with Gasteiger partial charge >= 0.3 is 5.97 Å². The molecule has 2 aliphatic heterocycles. The average Bonchev–Trinajstić information content (AvgIpc) is 2.80. The molecule has 0 aliphatic carbocycles. The van der Waals surface area contributed by atoms with Gasteiger partial charge in [0.15, 0.2) is 0 Å². The Bertz CT molecular complexity index is 652. The molecule has 0 spiro atoms. The van der Waals surface area contributed by atoms with Gasteiger partial charge in [0.05, 0.1) is 12.5 Å². The lowest BCUT2D eigenvalue weighted by Gasteiger charge is -2.33. The van der Waals surface area contributed by atoms with E-state index >= 15 is 0 Å². The van der Waals surface area contributed by atoms with E-state index in [0.29, 0.717) is 44.4 Å². The van der Waals surface area contributed by atoms with Gasteiger partial charge in [-0.1, -0.05) is 13.8 Å². The lowest BCUT2D eigenvalue weighted by molar-refractivity contribution is -0.149. The molecule has 2 heterocycles. The lowest BCUT2D eigenvalue weighted by Crippen LogP contribution is -2.49. The molecule has 2 N–H and O–H groups in total. The van der Waals surface area contributed by atoms with Crippen LogP contribution in [0.25, 0.3) is 0 Å². The van der Waals surface area contributed by atoms with E-state index in [4.69, 9.17) is 11.2 Å². The number of hydrogen-bond acceptors (Lipinski definition) is 5. The Hall–Kier alpha value is -2.07. The van der Waals surface area contributed by atoms with Crippen LogP contribution >= 0.6 is 0 Å². The van der Waals surface area contributed by atoms with Crippen molar-refractivity contribution in [3.63, 3.8) is 0 Å². The van der Waals surface area contributed by atoms with Gasteiger partial charge in [-0.25, -0.2) is 4.79 Å². The third-order valence-corrected chi connectivity index (χ3v) is 6.46. The maximum absolute atomic E-state index is 12.8. The molecule has 0 saturated carbocycles. The fraction of sp³-hybridized carbons (Fsp3) is 0.800. The summed E-state index contributed by atoms with van der Waals surface area (Å²) in [6.07, 6.45) is 12.5. The van der Waals surface area contributed by atoms with Crippen molar-refractivity contribution in [3.8, 4) is 12.3 Å². The van der Waals surface area contributed by atoms with Crippen LogP contribution in [0.3, 0.4) is 0 Å². The molecule has 0 bridgehead atoms. The van der Waals surface area contributed by atoms with Crippen LogP contribution in [0.5, 0.6) is 0 Å². The molecule has 0 aromatic rings. The van der Waals surface area contributed by atoms with Crippen LogP contribution in [0.1, 0.15) is 71.6 Å². The highest BCUT2D eigenvalue weighted by molar-refractivity contribution is 5.86. The number of ether oxygens (including phenoxy) is 1. The van der Waals surface area contributed by atoms with Gasteiger partial charge in [-0.05, 0) is 69.9 Å². The summed E-state index contributed by atoms with van der Waals surface area (Å²) in [6, 6.07) is -0.836. The first-order chi connectivity index (χ1) is 15.4. The first-order valence-electron chi connectivity index (χ1n) is 12.3. The highest BCUT2D eigenvalue weighted by atomic mass is 16.5. The number of carbonyl (C=O) groups excluding carboxylic acids is 3. The van der Waals surface area contributed by atoms with E-state index in [1.165, 1.54) is 0 Å². The smallest absolute Gasteiger partial charge is 0.329 e. The van der Waals surface area contributed by atoms with Crippen LogP contribution in [0.4, 0.5) is 0 Å². The van der Waals surface area contributed by atoms with Crippen LogP contribution < -0.4 is 10.6 Å².